The summed E-state index contributed by atoms with van der Waals surface area (Å²) in [6.07, 6.45) is 2.87. The molecule has 1 aliphatic rings. The van der Waals surface area contributed by atoms with E-state index in [-0.39, 0.29) is 12.6 Å². The van der Waals surface area contributed by atoms with Gasteiger partial charge in [-0.25, -0.2) is 8.42 Å². The highest BCUT2D eigenvalue weighted by Gasteiger charge is 2.35. The zero-order chi connectivity index (χ0) is 24.9. The van der Waals surface area contributed by atoms with Crippen molar-refractivity contribution in [3.8, 4) is 5.75 Å². The Balaban J connectivity index is 1.63. The molecular formula is C25H33N3O5S. The molecule has 0 bridgehead atoms. The van der Waals surface area contributed by atoms with Gasteiger partial charge in [-0.15, -0.1) is 0 Å². The minimum atomic E-state index is -3.67. The summed E-state index contributed by atoms with van der Waals surface area (Å²) in [5.41, 5.74) is 2.96. The smallest absolute Gasteiger partial charge is 0.313 e. The van der Waals surface area contributed by atoms with Gasteiger partial charge in [0.05, 0.1) is 12.0 Å². The van der Waals surface area contributed by atoms with Crippen molar-refractivity contribution < 1.29 is 22.7 Å². The molecule has 1 unspecified atom stereocenters. The summed E-state index contributed by atoms with van der Waals surface area (Å²) < 4.78 is 33.8. The molecule has 1 fully saturated rings. The first-order valence-corrected chi connectivity index (χ1v) is 12.9. The van der Waals surface area contributed by atoms with Crippen LogP contribution in [0.25, 0.3) is 0 Å². The Kier molecular flexibility index (Phi) is 8.33. The van der Waals surface area contributed by atoms with E-state index in [1.807, 2.05) is 32.9 Å². The minimum absolute atomic E-state index is 0.201. The summed E-state index contributed by atoms with van der Waals surface area (Å²) in [7, 11) is -2.16. The lowest BCUT2D eigenvalue weighted by molar-refractivity contribution is -0.136. The van der Waals surface area contributed by atoms with Gasteiger partial charge in [-0.1, -0.05) is 30.2 Å². The molecule has 1 heterocycles. The fourth-order valence-corrected chi connectivity index (χ4v) is 6.73. The standard InChI is InChI=1S/C25H33N3O5S/c1-17-14-18(2)23(19(3)15-17)34(31,32)28-13-6-5-9-21(28)11-12-26-24(29)25(30)27-20-8-7-10-22(16-20)33-4/h7-8,10,14-16,21H,5-6,9,11-13H2,1-4H3,(H,26,29)(H,27,30). The number of nitrogens with zero attached hydrogens (tertiary/aromatic N) is 1. The zero-order valence-electron chi connectivity index (χ0n) is 20.2. The van der Waals surface area contributed by atoms with Crippen molar-refractivity contribution in [3.63, 3.8) is 0 Å². The number of rotatable bonds is 7. The number of carbonyl (C=O) groups is 2. The van der Waals surface area contributed by atoms with E-state index >= 15 is 0 Å². The summed E-state index contributed by atoms with van der Waals surface area (Å²) in [5, 5.41) is 5.16. The third-order valence-electron chi connectivity index (χ3n) is 6.04. The number of piperidine rings is 1. The van der Waals surface area contributed by atoms with Crippen LogP contribution in [0.5, 0.6) is 5.75 Å². The lowest BCUT2D eigenvalue weighted by Gasteiger charge is -2.35. The number of nitrogens with one attached hydrogen (secondary N) is 2. The van der Waals surface area contributed by atoms with Gasteiger partial charge in [-0.2, -0.15) is 4.31 Å². The highest BCUT2D eigenvalue weighted by atomic mass is 32.2. The van der Waals surface area contributed by atoms with E-state index in [0.29, 0.717) is 29.3 Å². The summed E-state index contributed by atoms with van der Waals surface area (Å²) in [6.45, 7) is 6.25. The molecule has 0 aromatic heterocycles. The maximum atomic E-state index is 13.6. The number of sulfonamides is 1. The monoisotopic (exact) mass is 487 g/mol. The van der Waals surface area contributed by atoms with Crippen molar-refractivity contribution >= 4 is 27.5 Å². The topological polar surface area (TPSA) is 105 Å². The van der Waals surface area contributed by atoms with Crippen molar-refractivity contribution in [2.75, 3.05) is 25.5 Å². The van der Waals surface area contributed by atoms with Gasteiger partial charge in [0, 0.05) is 30.9 Å². The average molecular weight is 488 g/mol. The average Bonchev–Trinajstić information content (AvgIpc) is 2.78. The fraction of sp³-hybridized carbons (Fsp3) is 0.440. The zero-order valence-corrected chi connectivity index (χ0v) is 21.0. The molecule has 34 heavy (non-hydrogen) atoms. The van der Waals surface area contributed by atoms with Gasteiger partial charge < -0.3 is 15.4 Å². The van der Waals surface area contributed by atoms with Gasteiger partial charge in [-0.05, 0) is 63.3 Å². The van der Waals surface area contributed by atoms with Crippen LogP contribution in [0.2, 0.25) is 0 Å². The molecule has 3 rings (SSSR count). The van der Waals surface area contributed by atoms with Crippen LogP contribution >= 0.6 is 0 Å². The lowest BCUT2D eigenvalue weighted by atomic mass is 10.0. The van der Waals surface area contributed by atoms with Gasteiger partial charge >= 0.3 is 11.8 Å². The van der Waals surface area contributed by atoms with Gasteiger partial charge in [0.15, 0.2) is 0 Å². The number of anilines is 1. The van der Waals surface area contributed by atoms with E-state index in [9.17, 15) is 18.0 Å². The summed E-state index contributed by atoms with van der Waals surface area (Å²) in [4.78, 5) is 24.9. The Morgan fingerprint density at radius 3 is 2.44 bits per heavy atom. The number of ether oxygens (including phenoxy) is 1. The third-order valence-corrected chi connectivity index (χ3v) is 8.30. The number of hydrogen-bond acceptors (Lipinski definition) is 5. The number of carbonyl (C=O) groups excluding carboxylic acids is 2. The highest BCUT2D eigenvalue weighted by molar-refractivity contribution is 7.89. The summed E-state index contributed by atoms with van der Waals surface area (Å²) >= 11 is 0. The summed E-state index contributed by atoms with van der Waals surface area (Å²) in [5.74, 6) is -0.985. The van der Waals surface area contributed by atoms with Crippen LogP contribution in [0.4, 0.5) is 5.69 Å². The summed E-state index contributed by atoms with van der Waals surface area (Å²) in [6, 6.07) is 10.3. The number of methoxy groups -OCH3 is 1. The highest BCUT2D eigenvalue weighted by Crippen LogP contribution is 2.31. The number of hydrogen-bond donors (Lipinski definition) is 2. The van der Waals surface area contributed by atoms with E-state index in [2.05, 4.69) is 10.6 Å². The normalized spacial score (nSPS) is 16.6. The van der Waals surface area contributed by atoms with Crippen LogP contribution in [0, 0.1) is 20.8 Å². The molecule has 0 radical (unpaired) electrons. The molecule has 0 spiro atoms. The van der Waals surface area contributed by atoms with Crippen LogP contribution in [-0.2, 0) is 19.6 Å². The molecule has 0 aliphatic carbocycles. The van der Waals surface area contributed by atoms with Crippen LogP contribution < -0.4 is 15.4 Å². The maximum Gasteiger partial charge on any atom is 0.313 e. The molecule has 2 amide bonds. The second-order valence-electron chi connectivity index (χ2n) is 8.72. The van der Waals surface area contributed by atoms with Crippen LogP contribution in [0.3, 0.4) is 0 Å². The Bertz CT molecular complexity index is 1140. The second-order valence-corrected chi connectivity index (χ2v) is 10.6. The van der Waals surface area contributed by atoms with Crippen molar-refractivity contribution in [1.29, 1.82) is 0 Å². The fourth-order valence-electron chi connectivity index (χ4n) is 4.59. The molecule has 1 aliphatic heterocycles. The third kappa shape index (κ3) is 5.95. The van der Waals surface area contributed by atoms with Gasteiger partial charge in [0.1, 0.15) is 5.75 Å². The van der Waals surface area contributed by atoms with Crippen LogP contribution in [0.15, 0.2) is 41.3 Å². The first-order valence-electron chi connectivity index (χ1n) is 11.5. The van der Waals surface area contributed by atoms with E-state index in [4.69, 9.17) is 4.74 Å². The predicted octanol–water partition coefficient (Wildman–Crippen LogP) is 3.31. The Hall–Kier alpha value is -2.91. The molecule has 8 nitrogen and oxygen atoms in total. The Morgan fingerprint density at radius 1 is 1.06 bits per heavy atom. The van der Waals surface area contributed by atoms with E-state index < -0.39 is 21.8 Å². The number of benzene rings is 2. The Labute approximate surface area is 201 Å². The van der Waals surface area contributed by atoms with Gasteiger partial charge in [0.25, 0.3) is 0 Å². The van der Waals surface area contributed by atoms with Crippen molar-refractivity contribution in [2.24, 2.45) is 0 Å². The van der Waals surface area contributed by atoms with Crippen molar-refractivity contribution in [2.45, 2.75) is 57.4 Å². The van der Waals surface area contributed by atoms with Crippen LogP contribution in [-0.4, -0.2) is 50.8 Å². The molecule has 184 valence electrons. The molecule has 2 aromatic rings. The molecule has 9 heteroatoms. The first-order chi connectivity index (χ1) is 16.1. The minimum Gasteiger partial charge on any atom is -0.497 e. The SMILES string of the molecule is COc1cccc(NC(=O)C(=O)NCCC2CCCCN2S(=O)(=O)c2c(C)cc(C)cc2C)c1. The molecule has 0 saturated carbocycles. The lowest BCUT2D eigenvalue weighted by Crippen LogP contribution is -2.46. The largest absolute Gasteiger partial charge is 0.497 e. The number of amides is 2. The molecule has 1 atom stereocenters. The van der Waals surface area contributed by atoms with E-state index in [0.717, 1.165) is 36.0 Å². The molecular weight excluding hydrogens is 454 g/mol. The van der Waals surface area contributed by atoms with E-state index in [1.54, 1.807) is 28.6 Å². The molecule has 2 N–H and O–H groups in total. The Morgan fingerprint density at radius 2 is 1.76 bits per heavy atom. The van der Waals surface area contributed by atoms with Crippen molar-refractivity contribution in [3.05, 3.63) is 53.1 Å². The quantitative estimate of drug-likeness (QED) is 0.583. The number of aryl methyl sites for hydroxylation is 3. The van der Waals surface area contributed by atoms with Gasteiger partial charge in [-0.3, -0.25) is 9.59 Å². The molecule has 2 aromatic carbocycles. The second kappa shape index (κ2) is 11.0. The van der Waals surface area contributed by atoms with E-state index in [1.165, 1.54) is 7.11 Å². The van der Waals surface area contributed by atoms with Crippen molar-refractivity contribution in [1.82, 2.24) is 9.62 Å². The first kappa shape index (κ1) is 25.7. The maximum absolute atomic E-state index is 13.6. The predicted molar refractivity (Wildman–Crippen MR) is 131 cm³/mol. The molecule has 1 saturated heterocycles. The van der Waals surface area contributed by atoms with Gasteiger partial charge in [0.2, 0.25) is 10.0 Å². The van der Waals surface area contributed by atoms with Crippen LogP contribution in [0.1, 0.15) is 42.4 Å².